The van der Waals surface area contributed by atoms with E-state index in [1.54, 1.807) is 24.3 Å². The molecule has 1 aromatic rings. The van der Waals surface area contributed by atoms with E-state index in [9.17, 15) is 9.59 Å². The Morgan fingerprint density at radius 2 is 2.00 bits per heavy atom. The number of hydrogen-bond acceptors (Lipinski definition) is 2. The van der Waals surface area contributed by atoms with Gasteiger partial charge in [-0.05, 0) is 12.1 Å². The Morgan fingerprint density at radius 1 is 1.35 bits per heavy atom. The predicted molar refractivity (Wildman–Crippen MR) is 68.4 cm³/mol. The van der Waals surface area contributed by atoms with Crippen LogP contribution in [0, 0.1) is 0 Å². The lowest BCUT2D eigenvalue weighted by Gasteiger charge is -2.15. The van der Waals surface area contributed by atoms with Gasteiger partial charge >= 0.3 is 0 Å². The fourth-order valence-electron chi connectivity index (χ4n) is 1.16. The summed E-state index contributed by atoms with van der Waals surface area (Å²) in [4.78, 5) is 24.0. The number of likely N-dealkylation sites (N-methyl/N-ethyl adjacent to an activating group) is 1. The van der Waals surface area contributed by atoms with Crippen molar-refractivity contribution in [3.8, 4) is 0 Å². The first-order valence-corrected chi connectivity index (χ1v) is 5.80. The Balaban J connectivity index is 2.56. The van der Waals surface area contributed by atoms with Gasteiger partial charge in [0.1, 0.15) is 5.88 Å². The van der Waals surface area contributed by atoms with E-state index in [0.29, 0.717) is 10.7 Å². The fourth-order valence-corrected chi connectivity index (χ4v) is 1.54. The van der Waals surface area contributed by atoms with E-state index >= 15 is 0 Å². The molecule has 4 nitrogen and oxygen atoms in total. The van der Waals surface area contributed by atoms with Crippen LogP contribution in [0.3, 0.4) is 0 Å². The summed E-state index contributed by atoms with van der Waals surface area (Å²) in [7, 11) is 1.51. The summed E-state index contributed by atoms with van der Waals surface area (Å²) in [5.41, 5.74) is 0.519. The highest BCUT2D eigenvalue weighted by atomic mass is 35.5. The Hall–Kier alpha value is -1.26. The normalized spacial score (nSPS) is 9.82. The highest BCUT2D eigenvalue weighted by Gasteiger charge is 2.12. The molecule has 92 valence electrons. The summed E-state index contributed by atoms with van der Waals surface area (Å²) in [6, 6.07) is 6.88. The van der Waals surface area contributed by atoms with Crippen LogP contribution in [-0.4, -0.2) is 36.2 Å². The number of anilines is 1. The summed E-state index contributed by atoms with van der Waals surface area (Å²) >= 11 is 11.3. The van der Waals surface area contributed by atoms with Gasteiger partial charge in [-0.2, -0.15) is 0 Å². The lowest BCUT2D eigenvalue weighted by molar-refractivity contribution is -0.131. The zero-order valence-corrected chi connectivity index (χ0v) is 10.8. The average Bonchev–Trinajstić information content (AvgIpc) is 2.31. The van der Waals surface area contributed by atoms with Crippen LogP contribution >= 0.6 is 23.2 Å². The number of halogens is 2. The molecular formula is C11H12Cl2N2O2. The van der Waals surface area contributed by atoms with Crippen molar-refractivity contribution in [1.82, 2.24) is 4.90 Å². The maximum atomic E-state index is 11.6. The molecule has 0 heterocycles. The first kappa shape index (κ1) is 13.8. The number of carbonyl (C=O) groups excluding carboxylic acids is 2. The van der Waals surface area contributed by atoms with Crippen LogP contribution < -0.4 is 5.32 Å². The molecule has 0 atom stereocenters. The highest BCUT2D eigenvalue weighted by Crippen LogP contribution is 2.20. The monoisotopic (exact) mass is 274 g/mol. The molecule has 0 bridgehead atoms. The van der Waals surface area contributed by atoms with Gasteiger partial charge in [-0.15, -0.1) is 11.6 Å². The first-order chi connectivity index (χ1) is 8.04. The van der Waals surface area contributed by atoms with Crippen LogP contribution in [-0.2, 0) is 9.59 Å². The first-order valence-electron chi connectivity index (χ1n) is 4.89. The molecule has 2 amide bonds. The Labute approximate surface area is 109 Å². The zero-order valence-electron chi connectivity index (χ0n) is 9.24. The molecule has 1 rings (SSSR count). The molecule has 17 heavy (non-hydrogen) atoms. The van der Waals surface area contributed by atoms with Crippen molar-refractivity contribution in [2.45, 2.75) is 0 Å². The van der Waals surface area contributed by atoms with Crippen molar-refractivity contribution in [2.24, 2.45) is 0 Å². The smallest absolute Gasteiger partial charge is 0.244 e. The number of nitrogens with one attached hydrogen (secondary N) is 1. The minimum atomic E-state index is -0.320. The van der Waals surface area contributed by atoms with E-state index in [4.69, 9.17) is 23.2 Å². The van der Waals surface area contributed by atoms with Crippen LogP contribution in [0.25, 0.3) is 0 Å². The number of rotatable bonds is 4. The second-order valence-electron chi connectivity index (χ2n) is 3.41. The van der Waals surface area contributed by atoms with Gasteiger partial charge in [0, 0.05) is 7.05 Å². The van der Waals surface area contributed by atoms with E-state index < -0.39 is 0 Å². The van der Waals surface area contributed by atoms with Gasteiger partial charge in [0.15, 0.2) is 0 Å². The minimum Gasteiger partial charge on any atom is -0.335 e. The van der Waals surface area contributed by atoms with Gasteiger partial charge < -0.3 is 10.2 Å². The summed E-state index contributed by atoms with van der Waals surface area (Å²) in [6.45, 7) is -0.0588. The lowest BCUT2D eigenvalue weighted by Crippen LogP contribution is -2.35. The number of nitrogens with zero attached hydrogens (tertiary/aromatic N) is 1. The van der Waals surface area contributed by atoms with Crippen molar-refractivity contribution in [3.63, 3.8) is 0 Å². The van der Waals surface area contributed by atoms with Crippen LogP contribution in [0.15, 0.2) is 24.3 Å². The molecule has 1 aromatic carbocycles. The topological polar surface area (TPSA) is 49.4 Å². The van der Waals surface area contributed by atoms with Gasteiger partial charge in [-0.3, -0.25) is 9.59 Å². The van der Waals surface area contributed by atoms with E-state index in [1.165, 1.54) is 11.9 Å². The van der Waals surface area contributed by atoms with E-state index in [0.717, 1.165) is 0 Å². The van der Waals surface area contributed by atoms with Gasteiger partial charge in [-0.25, -0.2) is 0 Å². The van der Waals surface area contributed by atoms with Crippen LogP contribution in [0.1, 0.15) is 0 Å². The SMILES string of the molecule is CN(CC(=O)Nc1ccccc1Cl)C(=O)CCl. The minimum absolute atomic E-state index is 0.0588. The Morgan fingerprint density at radius 3 is 2.59 bits per heavy atom. The summed E-state index contributed by atoms with van der Waals surface area (Å²) in [5, 5.41) is 3.06. The third-order valence-electron chi connectivity index (χ3n) is 2.07. The molecule has 0 aromatic heterocycles. The number of amides is 2. The van der Waals surface area contributed by atoms with E-state index in [-0.39, 0.29) is 24.2 Å². The number of para-hydroxylation sites is 1. The number of benzene rings is 1. The van der Waals surface area contributed by atoms with Gasteiger partial charge in [0.25, 0.3) is 0 Å². The van der Waals surface area contributed by atoms with Crippen molar-refractivity contribution >= 4 is 40.7 Å². The van der Waals surface area contributed by atoms with Crippen LogP contribution in [0.2, 0.25) is 5.02 Å². The Bertz CT molecular complexity index is 424. The van der Waals surface area contributed by atoms with Gasteiger partial charge in [0.2, 0.25) is 11.8 Å². The maximum Gasteiger partial charge on any atom is 0.244 e. The molecule has 0 aliphatic carbocycles. The standard InChI is InChI=1S/C11H12Cl2N2O2/c1-15(11(17)6-12)7-10(16)14-9-5-3-2-4-8(9)13/h2-5H,6-7H2,1H3,(H,14,16). The fraction of sp³-hybridized carbons (Fsp3) is 0.273. The second-order valence-corrected chi connectivity index (χ2v) is 4.09. The molecule has 0 aliphatic heterocycles. The molecule has 0 aliphatic rings. The van der Waals surface area contributed by atoms with E-state index in [2.05, 4.69) is 5.32 Å². The summed E-state index contributed by atoms with van der Waals surface area (Å²) in [5.74, 6) is -0.768. The van der Waals surface area contributed by atoms with Crippen molar-refractivity contribution in [3.05, 3.63) is 29.3 Å². The van der Waals surface area contributed by atoms with Crippen LogP contribution in [0.4, 0.5) is 5.69 Å². The largest absolute Gasteiger partial charge is 0.335 e. The Kier molecular flexibility index (Phi) is 5.25. The summed E-state index contributed by atoms with van der Waals surface area (Å²) < 4.78 is 0. The molecule has 6 heteroatoms. The second kappa shape index (κ2) is 6.47. The van der Waals surface area contributed by atoms with Crippen molar-refractivity contribution < 1.29 is 9.59 Å². The number of alkyl halides is 1. The third-order valence-corrected chi connectivity index (χ3v) is 2.63. The van der Waals surface area contributed by atoms with Crippen molar-refractivity contribution in [2.75, 3.05) is 24.8 Å². The molecule has 0 spiro atoms. The molecule has 0 fully saturated rings. The quantitative estimate of drug-likeness (QED) is 0.854. The number of hydrogen-bond donors (Lipinski definition) is 1. The third kappa shape index (κ3) is 4.24. The molecule has 0 saturated heterocycles. The zero-order chi connectivity index (χ0) is 12.8. The summed E-state index contributed by atoms with van der Waals surface area (Å²) in [6.07, 6.45) is 0. The molecule has 0 radical (unpaired) electrons. The number of carbonyl (C=O) groups is 2. The van der Waals surface area contributed by atoms with Crippen molar-refractivity contribution in [1.29, 1.82) is 0 Å². The van der Waals surface area contributed by atoms with Crippen LogP contribution in [0.5, 0.6) is 0 Å². The highest BCUT2D eigenvalue weighted by molar-refractivity contribution is 6.33. The van der Waals surface area contributed by atoms with Gasteiger partial charge in [0.05, 0.1) is 17.3 Å². The maximum absolute atomic E-state index is 11.6. The van der Waals surface area contributed by atoms with Gasteiger partial charge in [-0.1, -0.05) is 23.7 Å². The lowest BCUT2D eigenvalue weighted by atomic mass is 10.3. The molecule has 0 saturated carbocycles. The molecule has 1 N–H and O–H groups in total. The molecule has 0 unspecified atom stereocenters. The van der Waals surface area contributed by atoms with E-state index in [1.807, 2.05) is 0 Å². The molecular weight excluding hydrogens is 263 g/mol. The average molecular weight is 275 g/mol. The predicted octanol–water partition coefficient (Wildman–Crippen LogP) is 1.98.